The molecule has 0 heterocycles. The Kier molecular flexibility index (Phi) is 4.66. The fraction of sp³-hybridized carbons (Fsp3) is 0.333. The number of anilines is 1. The minimum Gasteiger partial charge on any atom is -0.479 e. The molecule has 5 heteroatoms. The molecule has 0 aliphatic heterocycles. The molecule has 1 unspecified atom stereocenters. The van der Waals surface area contributed by atoms with Crippen molar-refractivity contribution >= 4 is 17.6 Å². The largest absolute Gasteiger partial charge is 0.479 e. The molecule has 0 saturated carbocycles. The maximum Gasteiger partial charge on any atom is 0.337 e. The summed E-state index contributed by atoms with van der Waals surface area (Å²) in [5, 5.41) is 11.6. The predicted molar refractivity (Wildman–Crippen MR) is 62.7 cm³/mol. The van der Waals surface area contributed by atoms with E-state index in [9.17, 15) is 9.59 Å². The van der Waals surface area contributed by atoms with Crippen molar-refractivity contribution < 1.29 is 19.4 Å². The minimum absolute atomic E-state index is 0.203. The standard InChI is InChI=1S/C12H15NO4/c1-3-17-11(12(15)16)9-5-4-6-10(7-9)13-8(2)14/h4-7,11H,3H2,1-2H3,(H,13,14)(H,15,16). The number of carbonyl (C=O) groups is 2. The molecule has 17 heavy (non-hydrogen) atoms. The number of amides is 1. The van der Waals surface area contributed by atoms with Crippen LogP contribution in [0.5, 0.6) is 0 Å². The number of carboxylic acids is 1. The van der Waals surface area contributed by atoms with E-state index in [1.807, 2.05) is 0 Å². The van der Waals surface area contributed by atoms with Gasteiger partial charge in [0.15, 0.2) is 6.10 Å². The van der Waals surface area contributed by atoms with Crippen molar-refractivity contribution in [1.82, 2.24) is 0 Å². The molecule has 0 radical (unpaired) electrons. The van der Waals surface area contributed by atoms with Crippen LogP contribution in [0.4, 0.5) is 5.69 Å². The molecular formula is C12H15NO4. The van der Waals surface area contributed by atoms with Crippen LogP contribution in [-0.4, -0.2) is 23.6 Å². The van der Waals surface area contributed by atoms with E-state index in [0.717, 1.165) is 0 Å². The predicted octanol–water partition coefficient (Wildman–Crippen LogP) is 1.81. The average Bonchev–Trinajstić information content (AvgIpc) is 2.24. The molecule has 2 N–H and O–H groups in total. The molecule has 1 aromatic rings. The van der Waals surface area contributed by atoms with E-state index in [-0.39, 0.29) is 5.91 Å². The zero-order valence-electron chi connectivity index (χ0n) is 9.77. The van der Waals surface area contributed by atoms with Gasteiger partial charge in [0, 0.05) is 19.2 Å². The van der Waals surface area contributed by atoms with Crippen molar-refractivity contribution in [2.45, 2.75) is 20.0 Å². The van der Waals surface area contributed by atoms with Crippen LogP contribution in [0.3, 0.4) is 0 Å². The van der Waals surface area contributed by atoms with Gasteiger partial charge in [-0.2, -0.15) is 0 Å². The molecule has 0 bridgehead atoms. The van der Waals surface area contributed by atoms with Crippen molar-refractivity contribution in [3.05, 3.63) is 29.8 Å². The summed E-state index contributed by atoms with van der Waals surface area (Å²) in [5.41, 5.74) is 1.06. The van der Waals surface area contributed by atoms with E-state index in [0.29, 0.717) is 17.9 Å². The van der Waals surface area contributed by atoms with E-state index in [1.165, 1.54) is 6.92 Å². The Balaban J connectivity index is 2.95. The third kappa shape index (κ3) is 3.88. The van der Waals surface area contributed by atoms with Gasteiger partial charge in [0.1, 0.15) is 0 Å². The molecule has 1 atom stereocenters. The maximum absolute atomic E-state index is 11.0. The summed E-state index contributed by atoms with van der Waals surface area (Å²) in [6, 6.07) is 6.61. The van der Waals surface area contributed by atoms with Gasteiger partial charge in [-0.05, 0) is 24.6 Å². The lowest BCUT2D eigenvalue weighted by Gasteiger charge is -2.13. The van der Waals surface area contributed by atoms with Gasteiger partial charge in [0.05, 0.1) is 0 Å². The smallest absolute Gasteiger partial charge is 0.337 e. The zero-order chi connectivity index (χ0) is 12.8. The molecule has 0 aliphatic rings. The van der Waals surface area contributed by atoms with Gasteiger partial charge in [0.25, 0.3) is 0 Å². The number of aliphatic carboxylic acids is 1. The van der Waals surface area contributed by atoms with Gasteiger partial charge in [-0.1, -0.05) is 12.1 Å². The molecule has 1 aromatic carbocycles. The van der Waals surface area contributed by atoms with Crippen LogP contribution in [0.2, 0.25) is 0 Å². The summed E-state index contributed by atoms with van der Waals surface area (Å²) < 4.78 is 5.14. The molecule has 1 amide bonds. The molecule has 0 spiro atoms. The molecule has 0 aromatic heterocycles. The lowest BCUT2D eigenvalue weighted by Crippen LogP contribution is -2.15. The van der Waals surface area contributed by atoms with E-state index in [2.05, 4.69) is 5.32 Å². The minimum atomic E-state index is -1.05. The summed E-state index contributed by atoms with van der Waals surface area (Å²) in [7, 11) is 0. The van der Waals surface area contributed by atoms with Gasteiger partial charge in [-0.3, -0.25) is 4.79 Å². The number of ether oxygens (including phenoxy) is 1. The molecule has 92 valence electrons. The quantitative estimate of drug-likeness (QED) is 0.818. The van der Waals surface area contributed by atoms with E-state index >= 15 is 0 Å². The van der Waals surface area contributed by atoms with Crippen LogP contribution in [0.15, 0.2) is 24.3 Å². The Hall–Kier alpha value is -1.88. The molecule has 5 nitrogen and oxygen atoms in total. The molecule has 0 aliphatic carbocycles. The Labute approximate surface area is 99.4 Å². The number of carbonyl (C=O) groups excluding carboxylic acids is 1. The number of benzene rings is 1. The van der Waals surface area contributed by atoms with Crippen LogP contribution >= 0.6 is 0 Å². The Morgan fingerprint density at radius 2 is 2.18 bits per heavy atom. The molecule has 0 fully saturated rings. The third-order valence-electron chi connectivity index (χ3n) is 2.07. The van der Waals surface area contributed by atoms with Crippen molar-refractivity contribution in [3.8, 4) is 0 Å². The monoisotopic (exact) mass is 237 g/mol. The summed E-state index contributed by atoms with van der Waals surface area (Å²) in [6.07, 6.45) is -1.01. The van der Waals surface area contributed by atoms with Crippen molar-refractivity contribution in [1.29, 1.82) is 0 Å². The van der Waals surface area contributed by atoms with E-state index < -0.39 is 12.1 Å². The summed E-state index contributed by atoms with van der Waals surface area (Å²) >= 11 is 0. The van der Waals surface area contributed by atoms with Crippen molar-refractivity contribution in [3.63, 3.8) is 0 Å². The summed E-state index contributed by atoms with van der Waals surface area (Å²) in [5.74, 6) is -1.25. The number of carboxylic acid groups (broad SMARTS) is 1. The molecule has 1 rings (SSSR count). The van der Waals surface area contributed by atoms with Crippen LogP contribution in [0.25, 0.3) is 0 Å². The molecular weight excluding hydrogens is 222 g/mol. The lowest BCUT2D eigenvalue weighted by molar-refractivity contribution is -0.150. The highest BCUT2D eigenvalue weighted by atomic mass is 16.5. The maximum atomic E-state index is 11.0. The highest BCUT2D eigenvalue weighted by molar-refractivity contribution is 5.89. The lowest BCUT2D eigenvalue weighted by atomic mass is 10.1. The number of nitrogens with one attached hydrogen (secondary N) is 1. The van der Waals surface area contributed by atoms with Crippen LogP contribution in [-0.2, 0) is 14.3 Å². The summed E-state index contributed by atoms with van der Waals surface area (Å²) in [4.78, 5) is 21.9. The second kappa shape index (κ2) is 6.00. The number of hydrogen-bond acceptors (Lipinski definition) is 3. The van der Waals surface area contributed by atoms with Crippen LogP contribution < -0.4 is 5.32 Å². The fourth-order valence-electron chi connectivity index (χ4n) is 1.46. The van der Waals surface area contributed by atoms with Gasteiger partial charge in [0.2, 0.25) is 5.91 Å². The average molecular weight is 237 g/mol. The Bertz CT molecular complexity index is 417. The second-order valence-electron chi connectivity index (χ2n) is 3.48. The first-order valence-electron chi connectivity index (χ1n) is 5.26. The molecule has 0 saturated heterocycles. The first-order chi connectivity index (χ1) is 8.04. The van der Waals surface area contributed by atoms with Crippen molar-refractivity contribution in [2.24, 2.45) is 0 Å². The first kappa shape index (κ1) is 13.2. The van der Waals surface area contributed by atoms with Gasteiger partial charge >= 0.3 is 5.97 Å². The summed E-state index contributed by atoms with van der Waals surface area (Å²) in [6.45, 7) is 3.43. The Morgan fingerprint density at radius 3 is 2.71 bits per heavy atom. The third-order valence-corrected chi connectivity index (χ3v) is 2.07. The zero-order valence-corrected chi connectivity index (χ0v) is 9.77. The fourth-order valence-corrected chi connectivity index (χ4v) is 1.46. The van der Waals surface area contributed by atoms with E-state index in [1.54, 1.807) is 31.2 Å². The SMILES string of the molecule is CCOC(C(=O)O)c1cccc(NC(C)=O)c1. The normalized spacial score (nSPS) is 11.9. The van der Waals surface area contributed by atoms with Crippen LogP contribution in [0.1, 0.15) is 25.5 Å². The van der Waals surface area contributed by atoms with Crippen molar-refractivity contribution in [2.75, 3.05) is 11.9 Å². The highest BCUT2D eigenvalue weighted by Gasteiger charge is 2.20. The van der Waals surface area contributed by atoms with Gasteiger partial charge in [-0.15, -0.1) is 0 Å². The highest BCUT2D eigenvalue weighted by Crippen LogP contribution is 2.21. The second-order valence-corrected chi connectivity index (χ2v) is 3.48. The van der Waals surface area contributed by atoms with E-state index in [4.69, 9.17) is 9.84 Å². The van der Waals surface area contributed by atoms with Gasteiger partial charge in [-0.25, -0.2) is 4.79 Å². The number of hydrogen-bond donors (Lipinski definition) is 2. The van der Waals surface area contributed by atoms with Crippen LogP contribution in [0, 0.1) is 0 Å². The number of rotatable bonds is 5. The first-order valence-corrected chi connectivity index (χ1v) is 5.26. The topological polar surface area (TPSA) is 75.6 Å². The van der Waals surface area contributed by atoms with Gasteiger partial charge < -0.3 is 15.2 Å². The Morgan fingerprint density at radius 1 is 1.47 bits per heavy atom.